The lowest BCUT2D eigenvalue weighted by Crippen LogP contribution is -2.52. The van der Waals surface area contributed by atoms with Gasteiger partial charge in [-0.2, -0.15) is 0 Å². The lowest BCUT2D eigenvalue weighted by atomic mass is 9.63. The van der Waals surface area contributed by atoms with E-state index in [1.54, 1.807) is 6.07 Å². The van der Waals surface area contributed by atoms with Crippen LogP contribution in [0, 0.1) is 22.6 Å². The Morgan fingerprint density at radius 2 is 2.10 bits per heavy atom. The molecule has 110 valence electrons. The SMILES string of the molecule is CC1(C)C2CC[C@]1(C)CN(CCc1cccc(F)c1)C2. The predicted octanol–water partition coefficient (Wildman–Crippen LogP) is 4.13. The van der Waals surface area contributed by atoms with Crippen LogP contribution in [0.4, 0.5) is 4.39 Å². The summed E-state index contributed by atoms with van der Waals surface area (Å²) in [6, 6.07) is 7.04. The van der Waals surface area contributed by atoms with Crippen LogP contribution in [0.15, 0.2) is 24.3 Å². The second-order valence-electron chi connectivity index (χ2n) is 7.63. The van der Waals surface area contributed by atoms with Crippen LogP contribution < -0.4 is 0 Å². The van der Waals surface area contributed by atoms with Gasteiger partial charge in [-0.1, -0.05) is 32.9 Å². The second-order valence-corrected chi connectivity index (χ2v) is 7.63. The highest BCUT2D eigenvalue weighted by Gasteiger charge is 2.55. The van der Waals surface area contributed by atoms with E-state index >= 15 is 0 Å². The van der Waals surface area contributed by atoms with Gasteiger partial charge in [0, 0.05) is 19.6 Å². The summed E-state index contributed by atoms with van der Waals surface area (Å²) in [6.45, 7) is 10.8. The summed E-state index contributed by atoms with van der Waals surface area (Å²) >= 11 is 0. The monoisotopic (exact) mass is 275 g/mol. The zero-order chi connectivity index (χ0) is 14.4. The van der Waals surface area contributed by atoms with Gasteiger partial charge in [0.1, 0.15) is 5.82 Å². The Morgan fingerprint density at radius 3 is 2.80 bits per heavy atom. The van der Waals surface area contributed by atoms with Crippen molar-refractivity contribution in [2.75, 3.05) is 19.6 Å². The van der Waals surface area contributed by atoms with E-state index in [9.17, 15) is 4.39 Å². The topological polar surface area (TPSA) is 3.24 Å². The molecule has 0 N–H and O–H groups in total. The minimum absolute atomic E-state index is 0.116. The number of nitrogens with zero attached hydrogens (tertiary/aromatic N) is 1. The van der Waals surface area contributed by atoms with E-state index in [0.29, 0.717) is 10.8 Å². The van der Waals surface area contributed by atoms with Crippen LogP contribution in [0.5, 0.6) is 0 Å². The van der Waals surface area contributed by atoms with Gasteiger partial charge >= 0.3 is 0 Å². The summed E-state index contributed by atoms with van der Waals surface area (Å²) in [4.78, 5) is 2.60. The number of hydrogen-bond donors (Lipinski definition) is 0. The molecule has 0 radical (unpaired) electrons. The van der Waals surface area contributed by atoms with Crippen LogP contribution in [0.2, 0.25) is 0 Å². The standard InChI is InChI=1S/C18H26FN/c1-17(2)15-7-9-18(17,3)13-20(12-15)10-8-14-5-4-6-16(19)11-14/h4-6,11,15H,7-10,12-13H2,1-3H3/t15?,18-/m1/s1. The third kappa shape index (κ3) is 2.28. The molecule has 0 amide bonds. The largest absolute Gasteiger partial charge is 0.302 e. The summed E-state index contributed by atoms with van der Waals surface area (Å²) in [5.74, 6) is 0.711. The summed E-state index contributed by atoms with van der Waals surface area (Å²) in [7, 11) is 0. The van der Waals surface area contributed by atoms with Crippen molar-refractivity contribution >= 4 is 0 Å². The van der Waals surface area contributed by atoms with Crippen molar-refractivity contribution in [2.45, 2.75) is 40.0 Å². The molecule has 1 heterocycles. The van der Waals surface area contributed by atoms with Crippen LogP contribution in [-0.4, -0.2) is 24.5 Å². The second kappa shape index (κ2) is 4.84. The van der Waals surface area contributed by atoms with E-state index in [1.165, 1.54) is 32.0 Å². The fourth-order valence-electron chi connectivity index (χ4n) is 4.29. The van der Waals surface area contributed by atoms with E-state index in [-0.39, 0.29) is 5.82 Å². The summed E-state index contributed by atoms with van der Waals surface area (Å²) in [5.41, 5.74) is 2.05. The number of hydrogen-bond acceptors (Lipinski definition) is 1. The fourth-order valence-corrected chi connectivity index (χ4v) is 4.29. The number of fused-ring (bicyclic) bond motifs is 2. The molecule has 2 bridgehead atoms. The first kappa shape index (κ1) is 14.1. The summed E-state index contributed by atoms with van der Waals surface area (Å²) in [6.07, 6.45) is 3.70. The van der Waals surface area contributed by atoms with Crippen molar-refractivity contribution in [3.63, 3.8) is 0 Å². The van der Waals surface area contributed by atoms with Crippen LogP contribution >= 0.6 is 0 Å². The lowest BCUT2D eigenvalue weighted by Gasteiger charge is -2.50. The molecule has 1 nitrogen and oxygen atoms in total. The molecule has 2 atom stereocenters. The number of benzene rings is 1. The van der Waals surface area contributed by atoms with Gasteiger partial charge in [0.2, 0.25) is 0 Å². The Labute approximate surface area is 122 Å². The highest BCUT2D eigenvalue weighted by atomic mass is 19.1. The van der Waals surface area contributed by atoms with Gasteiger partial charge in [0.25, 0.3) is 0 Å². The van der Waals surface area contributed by atoms with Gasteiger partial charge in [-0.25, -0.2) is 4.39 Å². The van der Waals surface area contributed by atoms with Gasteiger partial charge in [0.15, 0.2) is 0 Å². The zero-order valence-electron chi connectivity index (χ0n) is 13.0. The van der Waals surface area contributed by atoms with E-state index in [2.05, 4.69) is 25.7 Å². The molecule has 0 aromatic heterocycles. The molecule has 1 saturated carbocycles. The maximum absolute atomic E-state index is 13.2. The van der Waals surface area contributed by atoms with E-state index in [1.807, 2.05) is 12.1 Å². The molecule has 1 aromatic carbocycles. The number of rotatable bonds is 3. The highest BCUT2D eigenvalue weighted by Crippen LogP contribution is 2.58. The van der Waals surface area contributed by atoms with Crippen molar-refractivity contribution in [3.05, 3.63) is 35.6 Å². The Morgan fingerprint density at radius 1 is 1.30 bits per heavy atom. The third-order valence-corrected chi connectivity index (χ3v) is 6.28. The summed E-state index contributed by atoms with van der Waals surface area (Å²) in [5, 5.41) is 0. The maximum atomic E-state index is 13.2. The molecule has 1 aromatic rings. The fraction of sp³-hybridized carbons (Fsp3) is 0.667. The zero-order valence-corrected chi connectivity index (χ0v) is 13.0. The normalized spacial score (nSPS) is 32.5. The van der Waals surface area contributed by atoms with Crippen molar-refractivity contribution in [3.8, 4) is 0 Å². The van der Waals surface area contributed by atoms with Crippen molar-refractivity contribution < 1.29 is 4.39 Å². The first-order valence-electron chi connectivity index (χ1n) is 7.87. The maximum Gasteiger partial charge on any atom is 0.123 e. The minimum Gasteiger partial charge on any atom is -0.302 e. The van der Waals surface area contributed by atoms with Gasteiger partial charge in [-0.15, -0.1) is 0 Å². The van der Waals surface area contributed by atoms with Crippen LogP contribution in [0.3, 0.4) is 0 Å². The molecule has 3 rings (SSSR count). The molecule has 1 aliphatic carbocycles. The molecule has 2 aliphatic rings. The quantitative estimate of drug-likeness (QED) is 0.802. The van der Waals surface area contributed by atoms with E-state index < -0.39 is 0 Å². The van der Waals surface area contributed by atoms with E-state index in [0.717, 1.165) is 24.4 Å². The minimum atomic E-state index is -0.116. The number of likely N-dealkylation sites (tertiary alicyclic amines) is 1. The van der Waals surface area contributed by atoms with Crippen LogP contribution in [0.25, 0.3) is 0 Å². The molecule has 2 fully saturated rings. The van der Waals surface area contributed by atoms with Crippen LogP contribution in [-0.2, 0) is 6.42 Å². The molecule has 2 heteroatoms. The molecular weight excluding hydrogens is 249 g/mol. The van der Waals surface area contributed by atoms with E-state index in [4.69, 9.17) is 0 Å². The molecular formula is C18H26FN. The average Bonchev–Trinajstić information content (AvgIpc) is 2.54. The van der Waals surface area contributed by atoms with Crippen molar-refractivity contribution in [1.82, 2.24) is 4.90 Å². The lowest BCUT2D eigenvalue weighted by molar-refractivity contribution is -0.0169. The van der Waals surface area contributed by atoms with Gasteiger partial charge in [-0.05, 0) is 53.7 Å². The molecule has 20 heavy (non-hydrogen) atoms. The first-order chi connectivity index (χ1) is 9.41. The summed E-state index contributed by atoms with van der Waals surface area (Å²) < 4.78 is 13.2. The predicted molar refractivity (Wildman–Crippen MR) is 81.2 cm³/mol. The number of halogens is 1. The number of piperidine rings is 1. The smallest absolute Gasteiger partial charge is 0.123 e. The average molecular weight is 275 g/mol. The molecule has 1 saturated heterocycles. The van der Waals surface area contributed by atoms with Crippen LogP contribution in [0.1, 0.15) is 39.2 Å². The Hall–Kier alpha value is -0.890. The van der Waals surface area contributed by atoms with Gasteiger partial charge in [0.05, 0.1) is 0 Å². The Bertz CT molecular complexity index is 496. The Balaban J connectivity index is 1.64. The molecule has 1 unspecified atom stereocenters. The van der Waals surface area contributed by atoms with Crippen molar-refractivity contribution in [2.24, 2.45) is 16.7 Å². The molecule has 0 spiro atoms. The van der Waals surface area contributed by atoms with Crippen molar-refractivity contribution in [1.29, 1.82) is 0 Å². The third-order valence-electron chi connectivity index (χ3n) is 6.28. The molecule has 1 aliphatic heterocycles. The first-order valence-corrected chi connectivity index (χ1v) is 7.87. The highest BCUT2D eigenvalue weighted by molar-refractivity contribution is 5.17. The van der Waals surface area contributed by atoms with Gasteiger partial charge in [-0.3, -0.25) is 0 Å². The Kier molecular flexibility index (Phi) is 3.40. The van der Waals surface area contributed by atoms with Gasteiger partial charge < -0.3 is 4.90 Å².